The minimum absolute atomic E-state index is 0.359. The lowest BCUT2D eigenvalue weighted by molar-refractivity contribution is -0.149. The first-order valence-electron chi connectivity index (χ1n) is 5.50. The van der Waals surface area contributed by atoms with Crippen LogP contribution < -0.4 is 0 Å². The number of carbonyl (C=O) groups excluding carboxylic acids is 2. The number of nitrogens with zero attached hydrogens (tertiary/aromatic N) is 2. The first-order chi connectivity index (χ1) is 8.59. The van der Waals surface area contributed by atoms with E-state index in [2.05, 4.69) is 9.72 Å². The van der Waals surface area contributed by atoms with Crippen molar-refractivity contribution in [2.45, 2.75) is 13.3 Å². The fourth-order valence-corrected chi connectivity index (χ4v) is 1.19. The largest absolute Gasteiger partial charge is 0.428 e. The predicted octanol–water partition coefficient (Wildman–Crippen LogP) is 1.21. The number of esters is 1. The highest BCUT2D eigenvalue weighted by Gasteiger charge is 2.10. The molecule has 98 valence electrons. The Labute approximate surface area is 106 Å². The van der Waals surface area contributed by atoms with Gasteiger partial charge in [-0.1, -0.05) is 6.07 Å². The molecule has 1 heterocycles. The molecule has 0 aliphatic carbocycles. The second-order valence-corrected chi connectivity index (χ2v) is 3.66. The molecule has 0 aliphatic heterocycles. The monoisotopic (exact) mass is 252 g/mol. The molecule has 0 spiro atoms. The van der Waals surface area contributed by atoms with Crippen molar-refractivity contribution in [3.63, 3.8) is 0 Å². The van der Waals surface area contributed by atoms with Crippen molar-refractivity contribution in [1.29, 1.82) is 0 Å². The number of ether oxygens (including phenoxy) is 2. The molecule has 6 nitrogen and oxygen atoms in total. The lowest BCUT2D eigenvalue weighted by Crippen LogP contribution is -2.30. The van der Waals surface area contributed by atoms with Crippen molar-refractivity contribution in [2.24, 2.45) is 0 Å². The highest BCUT2D eigenvalue weighted by Crippen LogP contribution is 1.98. The summed E-state index contributed by atoms with van der Waals surface area (Å²) < 4.78 is 9.23. The summed E-state index contributed by atoms with van der Waals surface area (Å²) in [5.74, 6) is -0.487. The summed E-state index contributed by atoms with van der Waals surface area (Å²) in [5.41, 5.74) is 0.900. The van der Waals surface area contributed by atoms with E-state index >= 15 is 0 Å². The number of carbonyl (C=O) groups is 2. The molecule has 1 aromatic heterocycles. The number of hydrogen-bond acceptors (Lipinski definition) is 5. The van der Waals surface area contributed by atoms with Gasteiger partial charge in [0.05, 0.1) is 0 Å². The summed E-state index contributed by atoms with van der Waals surface area (Å²) in [6.07, 6.45) is 1.81. The average molecular weight is 252 g/mol. The van der Waals surface area contributed by atoms with Crippen LogP contribution in [0, 0.1) is 0 Å². The lowest BCUT2D eigenvalue weighted by atomic mass is 10.2. The molecule has 0 bridgehead atoms. The van der Waals surface area contributed by atoms with Gasteiger partial charge >= 0.3 is 12.1 Å². The van der Waals surface area contributed by atoms with Crippen LogP contribution in [-0.2, 0) is 20.7 Å². The molecule has 18 heavy (non-hydrogen) atoms. The Morgan fingerprint density at radius 2 is 2.11 bits per heavy atom. The topological polar surface area (TPSA) is 68.7 Å². The van der Waals surface area contributed by atoms with Crippen LogP contribution in [0.1, 0.15) is 12.6 Å². The Bertz CT molecular complexity index is 394. The van der Waals surface area contributed by atoms with Gasteiger partial charge in [-0.05, 0) is 12.1 Å². The van der Waals surface area contributed by atoms with Crippen molar-refractivity contribution in [2.75, 3.05) is 20.4 Å². The number of pyridine rings is 1. The summed E-state index contributed by atoms with van der Waals surface area (Å²) in [6, 6.07) is 5.61. The first kappa shape index (κ1) is 14.0. The molecular weight excluding hydrogens is 236 g/mol. The Balaban J connectivity index is 2.25. The number of hydrogen-bond donors (Lipinski definition) is 0. The molecule has 0 aromatic carbocycles. The maximum absolute atomic E-state index is 11.4. The van der Waals surface area contributed by atoms with E-state index in [-0.39, 0.29) is 6.79 Å². The van der Waals surface area contributed by atoms with Crippen molar-refractivity contribution in [3.05, 3.63) is 30.1 Å². The van der Waals surface area contributed by atoms with Crippen LogP contribution in [0.3, 0.4) is 0 Å². The van der Waals surface area contributed by atoms with Crippen molar-refractivity contribution in [3.8, 4) is 0 Å². The standard InChI is InChI=1S/C12H16N2O4/c1-10(15)17-9-18-12(16)14(2)8-6-11-5-3-4-7-13-11/h3-5,7H,6,8-9H2,1-2H3. The highest BCUT2D eigenvalue weighted by atomic mass is 16.7. The molecular formula is C12H16N2O4. The molecule has 0 N–H and O–H groups in total. The number of aromatic nitrogens is 1. The maximum Gasteiger partial charge on any atom is 0.412 e. The predicted molar refractivity (Wildman–Crippen MR) is 63.7 cm³/mol. The van der Waals surface area contributed by atoms with E-state index in [4.69, 9.17) is 4.74 Å². The van der Waals surface area contributed by atoms with E-state index in [1.807, 2.05) is 18.2 Å². The van der Waals surface area contributed by atoms with Crippen molar-refractivity contribution < 1.29 is 19.1 Å². The number of rotatable bonds is 5. The van der Waals surface area contributed by atoms with Gasteiger partial charge < -0.3 is 14.4 Å². The summed E-state index contributed by atoms with van der Waals surface area (Å²) in [7, 11) is 1.61. The van der Waals surface area contributed by atoms with Gasteiger partial charge in [0, 0.05) is 38.8 Å². The van der Waals surface area contributed by atoms with Crippen LogP contribution in [0.5, 0.6) is 0 Å². The van der Waals surface area contributed by atoms with Crippen LogP contribution >= 0.6 is 0 Å². The van der Waals surface area contributed by atoms with E-state index in [9.17, 15) is 9.59 Å². The summed E-state index contributed by atoms with van der Waals surface area (Å²) in [5, 5.41) is 0. The van der Waals surface area contributed by atoms with Crippen LogP contribution in [0.25, 0.3) is 0 Å². The molecule has 0 fully saturated rings. The van der Waals surface area contributed by atoms with Gasteiger partial charge in [-0.25, -0.2) is 4.79 Å². The fraction of sp³-hybridized carbons (Fsp3) is 0.417. The van der Waals surface area contributed by atoms with Crippen LogP contribution in [-0.4, -0.2) is 42.3 Å². The van der Waals surface area contributed by atoms with Crippen molar-refractivity contribution in [1.82, 2.24) is 9.88 Å². The van der Waals surface area contributed by atoms with E-state index in [0.717, 1.165) is 5.69 Å². The molecule has 1 rings (SSSR count). The maximum atomic E-state index is 11.4. The molecule has 1 amide bonds. The summed E-state index contributed by atoms with van der Waals surface area (Å²) in [4.78, 5) is 27.5. The zero-order valence-corrected chi connectivity index (χ0v) is 10.5. The van der Waals surface area contributed by atoms with E-state index in [1.54, 1.807) is 13.2 Å². The average Bonchev–Trinajstić information content (AvgIpc) is 2.36. The Hall–Kier alpha value is -2.11. The highest BCUT2D eigenvalue weighted by molar-refractivity contribution is 5.68. The number of amides is 1. The summed E-state index contributed by atoms with van der Waals surface area (Å²) >= 11 is 0. The quantitative estimate of drug-likeness (QED) is 0.582. The third-order valence-corrected chi connectivity index (χ3v) is 2.19. The van der Waals surface area contributed by atoms with E-state index < -0.39 is 12.1 Å². The second-order valence-electron chi connectivity index (χ2n) is 3.66. The molecule has 0 radical (unpaired) electrons. The van der Waals surface area contributed by atoms with Gasteiger partial charge in [-0.2, -0.15) is 0 Å². The van der Waals surface area contributed by atoms with Crippen LogP contribution in [0.15, 0.2) is 24.4 Å². The Morgan fingerprint density at radius 1 is 1.33 bits per heavy atom. The SMILES string of the molecule is CC(=O)OCOC(=O)N(C)CCc1ccccn1. The minimum Gasteiger partial charge on any atom is -0.428 e. The third kappa shape index (κ3) is 5.29. The number of likely N-dealkylation sites (N-methyl/N-ethyl adjacent to an activating group) is 1. The fourth-order valence-electron chi connectivity index (χ4n) is 1.19. The first-order valence-corrected chi connectivity index (χ1v) is 5.50. The Kier molecular flexibility index (Phi) is 5.63. The summed E-state index contributed by atoms with van der Waals surface area (Å²) in [6.45, 7) is 1.37. The molecule has 1 aromatic rings. The zero-order chi connectivity index (χ0) is 13.4. The van der Waals surface area contributed by atoms with E-state index in [0.29, 0.717) is 13.0 Å². The van der Waals surface area contributed by atoms with Crippen molar-refractivity contribution >= 4 is 12.1 Å². The minimum atomic E-state index is -0.535. The molecule has 0 aliphatic rings. The van der Waals surface area contributed by atoms with Crippen LogP contribution in [0.2, 0.25) is 0 Å². The van der Waals surface area contributed by atoms with Gasteiger partial charge in [-0.3, -0.25) is 9.78 Å². The third-order valence-electron chi connectivity index (χ3n) is 2.19. The lowest BCUT2D eigenvalue weighted by Gasteiger charge is -2.16. The van der Waals surface area contributed by atoms with Gasteiger partial charge in [0.2, 0.25) is 6.79 Å². The van der Waals surface area contributed by atoms with Gasteiger partial charge in [0.15, 0.2) is 0 Å². The molecule has 0 atom stereocenters. The molecule has 0 saturated heterocycles. The smallest absolute Gasteiger partial charge is 0.412 e. The molecule has 6 heteroatoms. The van der Waals surface area contributed by atoms with Crippen LogP contribution in [0.4, 0.5) is 4.79 Å². The molecule has 0 unspecified atom stereocenters. The normalized spacial score (nSPS) is 9.67. The van der Waals surface area contributed by atoms with Gasteiger partial charge in [0.1, 0.15) is 0 Å². The Morgan fingerprint density at radius 3 is 2.72 bits per heavy atom. The van der Waals surface area contributed by atoms with E-state index in [1.165, 1.54) is 11.8 Å². The van der Waals surface area contributed by atoms with Gasteiger partial charge in [-0.15, -0.1) is 0 Å². The molecule has 0 saturated carbocycles. The van der Waals surface area contributed by atoms with Gasteiger partial charge in [0.25, 0.3) is 0 Å². The zero-order valence-electron chi connectivity index (χ0n) is 10.5. The second kappa shape index (κ2) is 7.26.